The van der Waals surface area contributed by atoms with E-state index in [1.807, 2.05) is 37.3 Å². The number of terminal acetylenes is 1. The number of nitrogens with zero attached hydrogens (tertiary/aromatic N) is 1. The van der Waals surface area contributed by atoms with Crippen LogP contribution in [-0.2, 0) is 12.8 Å². The highest BCUT2D eigenvalue weighted by Crippen LogP contribution is 2.33. The van der Waals surface area contributed by atoms with E-state index in [9.17, 15) is 4.79 Å². The van der Waals surface area contributed by atoms with Crippen molar-refractivity contribution >= 4 is 33.7 Å². The van der Waals surface area contributed by atoms with Gasteiger partial charge in [-0.15, -0.1) is 17.8 Å². The van der Waals surface area contributed by atoms with Crippen LogP contribution in [0.2, 0.25) is 0 Å². The van der Waals surface area contributed by atoms with Crippen molar-refractivity contribution in [3.05, 3.63) is 50.4 Å². The van der Waals surface area contributed by atoms with Gasteiger partial charge in [-0.3, -0.25) is 4.79 Å². The van der Waals surface area contributed by atoms with Crippen LogP contribution in [0.15, 0.2) is 23.0 Å². The monoisotopic (exact) mass is 420 g/mol. The number of fused-ring (bicyclic) bond motifs is 3. The molecular weight excluding hydrogens is 396 g/mol. The fourth-order valence-corrected chi connectivity index (χ4v) is 5.02. The lowest BCUT2D eigenvalue weighted by Gasteiger charge is -2.10. The number of thiophene rings is 1. The van der Waals surface area contributed by atoms with E-state index in [2.05, 4.69) is 10.9 Å². The highest BCUT2D eigenvalue weighted by atomic mass is 32.1. The van der Waals surface area contributed by atoms with E-state index < -0.39 is 0 Å². The molecule has 0 atom stereocenters. The Hall–Kier alpha value is -3.04. The zero-order valence-corrected chi connectivity index (χ0v) is 17.8. The molecule has 1 aliphatic carbocycles. The summed E-state index contributed by atoms with van der Waals surface area (Å²) in [7, 11) is 0. The Kier molecular flexibility index (Phi) is 6.20. The number of aryl methyl sites for hydroxylation is 2. The molecule has 0 saturated carbocycles. The van der Waals surface area contributed by atoms with Gasteiger partial charge in [0.2, 0.25) is 0 Å². The van der Waals surface area contributed by atoms with Crippen LogP contribution in [-0.4, -0.2) is 23.2 Å². The topological polar surface area (TPSA) is 64.2 Å². The Morgan fingerprint density at radius 3 is 2.90 bits per heavy atom. The molecule has 2 aromatic heterocycles. The Balaban J connectivity index is 1.63. The van der Waals surface area contributed by atoms with Gasteiger partial charge >= 0.3 is 0 Å². The molecule has 0 spiro atoms. The van der Waals surface area contributed by atoms with E-state index in [0.29, 0.717) is 23.9 Å². The minimum atomic E-state index is -0.0490. The van der Waals surface area contributed by atoms with Crippen LogP contribution in [0.4, 0.5) is 0 Å². The summed E-state index contributed by atoms with van der Waals surface area (Å²) >= 11 is 1.66. The molecule has 0 aliphatic heterocycles. The van der Waals surface area contributed by atoms with Gasteiger partial charge in [0.1, 0.15) is 17.3 Å². The van der Waals surface area contributed by atoms with Crippen molar-refractivity contribution in [3.63, 3.8) is 0 Å². The van der Waals surface area contributed by atoms with Gasteiger partial charge in [-0.1, -0.05) is 24.5 Å². The number of hydrogen-bond donors (Lipinski definition) is 1. The Bertz CT molecular complexity index is 1180. The van der Waals surface area contributed by atoms with E-state index in [0.717, 1.165) is 35.0 Å². The predicted molar refractivity (Wildman–Crippen MR) is 122 cm³/mol. The molecule has 3 aromatic rings. The molecule has 1 aromatic carbocycles. The van der Waals surface area contributed by atoms with Crippen LogP contribution in [0.5, 0.6) is 11.5 Å². The Morgan fingerprint density at radius 2 is 2.07 bits per heavy atom. The molecular formula is C24H24N2O3S. The van der Waals surface area contributed by atoms with Gasteiger partial charge in [-0.2, -0.15) is 0 Å². The quantitative estimate of drug-likeness (QED) is 0.458. The van der Waals surface area contributed by atoms with Crippen LogP contribution < -0.4 is 15.0 Å². The van der Waals surface area contributed by atoms with Crippen LogP contribution in [0.1, 0.15) is 48.0 Å². The van der Waals surface area contributed by atoms with E-state index in [4.69, 9.17) is 20.9 Å². The molecule has 1 aliphatic rings. The average Bonchev–Trinajstić information content (AvgIpc) is 2.93. The molecule has 0 saturated heterocycles. The summed E-state index contributed by atoms with van der Waals surface area (Å²) in [6, 6.07) is 5.63. The first-order valence-corrected chi connectivity index (χ1v) is 11.1. The molecule has 0 amide bonds. The summed E-state index contributed by atoms with van der Waals surface area (Å²) in [5.74, 6) is 4.25. The van der Waals surface area contributed by atoms with Gasteiger partial charge in [-0.25, -0.2) is 4.98 Å². The summed E-state index contributed by atoms with van der Waals surface area (Å²) in [6.07, 6.45) is 14.6. The number of aromatic nitrogens is 2. The number of benzene rings is 1. The first-order chi connectivity index (χ1) is 14.7. The number of hydrogen-bond acceptors (Lipinski definition) is 5. The summed E-state index contributed by atoms with van der Waals surface area (Å²) in [5, 5.41) is 0.780. The third-order valence-corrected chi connectivity index (χ3v) is 6.29. The predicted octanol–water partition coefficient (Wildman–Crippen LogP) is 4.83. The maximum Gasteiger partial charge on any atom is 0.260 e. The second-order valence-corrected chi connectivity index (χ2v) is 8.24. The molecule has 1 N–H and O–H groups in total. The highest BCUT2D eigenvalue weighted by Gasteiger charge is 2.18. The first kappa shape index (κ1) is 20.2. The molecule has 154 valence electrons. The lowest BCUT2D eigenvalue weighted by molar-refractivity contribution is 0.299. The van der Waals surface area contributed by atoms with Crippen molar-refractivity contribution < 1.29 is 9.47 Å². The maximum atomic E-state index is 12.8. The molecule has 30 heavy (non-hydrogen) atoms. The van der Waals surface area contributed by atoms with E-state index >= 15 is 0 Å². The van der Waals surface area contributed by atoms with Gasteiger partial charge in [0.05, 0.1) is 12.0 Å². The fraction of sp³-hybridized carbons (Fsp3) is 0.333. The van der Waals surface area contributed by atoms with Crippen molar-refractivity contribution in [1.29, 1.82) is 0 Å². The lowest BCUT2D eigenvalue weighted by Crippen LogP contribution is -2.10. The van der Waals surface area contributed by atoms with Crippen LogP contribution >= 0.6 is 11.3 Å². The van der Waals surface area contributed by atoms with Crippen LogP contribution in [0.25, 0.3) is 22.4 Å². The smallest absolute Gasteiger partial charge is 0.260 e. The molecule has 2 heterocycles. The Labute approximate surface area is 179 Å². The Morgan fingerprint density at radius 1 is 1.20 bits per heavy atom. The van der Waals surface area contributed by atoms with Crippen molar-refractivity contribution in [2.75, 3.05) is 13.2 Å². The first-order valence-electron chi connectivity index (χ1n) is 10.3. The number of ether oxygens (including phenoxy) is 2. The zero-order valence-electron chi connectivity index (χ0n) is 17.0. The minimum absolute atomic E-state index is 0.0490. The van der Waals surface area contributed by atoms with Gasteiger partial charge in [0, 0.05) is 4.88 Å². The highest BCUT2D eigenvalue weighted by molar-refractivity contribution is 7.18. The normalized spacial score (nSPS) is 13.7. The fourth-order valence-electron chi connectivity index (χ4n) is 3.75. The third kappa shape index (κ3) is 4.27. The number of rotatable bonds is 6. The van der Waals surface area contributed by atoms with E-state index in [1.165, 1.54) is 23.3 Å². The van der Waals surface area contributed by atoms with E-state index in [1.54, 1.807) is 11.3 Å². The van der Waals surface area contributed by atoms with E-state index in [-0.39, 0.29) is 12.2 Å². The van der Waals surface area contributed by atoms with Crippen molar-refractivity contribution in [1.82, 2.24) is 9.97 Å². The lowest BCUT2D eigenvalue weighted by atomic mass is 10.1. The van der Waals surface area contributed by atoms with Crippen LogP contribution in [0, 0.1) is 12.3 Å². The van der Waals surface area contributed by atoms with Crippen LogP contribution in [0.3, 0.4) is 0 Å². The summed E-state index contributed by atoms with van der Waals surface area (Å²) in [5.41, 5.74) is 2.07. The van der Waals surface area contributed by atoms with Crippen molar-refractivity contribution in [2.24, 2.45) is 0 Å². The molecule has 0 fully saturated rings. The van der Waals surface area contributed by atoms with Crippen molar-refractivity contribution in [3.8, 4) is 23.8 Å². The SMILES string of the molecule is C#CCOc1ccc(/C=C/c2nc3sc4c(c3c(=O)[nH]2)CCCCC4)cc1OCC. The largest absolute Gasteiger partial charge is 0.490 e. The molecule has 0 bridgehead atoms. The number of aromatic amines is 1. The second kappa shape index (κ2) is 9.19. The molecule has 4 rings (SSSR count). The summed E-state index contributed by atoms with van der Waals surface area (Å²) in [4.78, 5) is 22.6. The molecule has 0 radical (unpaired) electrons. The maximum absolute atomic E-state index is 12.8. The minimum Gasteiger partial charge on any atom is -0.490 e. The molecule has 6 heteroatoms. The van der Waals surface area contributed by atoms with Crippen molar-refractivity contribution in [2.45, 2.75) is 39.0 Å². The van der Waals surface area contributed by atoms with Gasteiger partial charge < -0.3 is 14.5 Å². The molecule has 0 unspecified atom stereocenters. The number of nitrogens with one attached hydrogen (secondary N) is 1. The summed E-state index contributed by atoms with van der Waals surface area (Å²) < 4.78 is 11.2. The third-order valence-electron chi connectivity index (χ3n) is 5.11. The second-order valence-electron chi connectivity index (χ2n) is 7.16. The number of H-pyrrole nitrogens is 1. The van der Waals surface area contributed by atoms with Gasteiger partial charge in [0.25, 0.3) is 5.56 Å². The zero-order chi connectivity index (χ0) is 20.9. The standard InChI is InChI=1S/C24H24N2O3S/c1-3-14-29-18-12-10-16(15-19(18)28-4-2)11-13-21-25-23(27)22-17-8-6-5-7-9-20(17)30-24(22)26-21/h1,10-13,15H,4-9,14H2,2H3,(H,25,26,27)/b13-11+. The molecule has 5 nitrogen and oxygen atoms in total. The summed E-state index contributed by atoms with van der Waals surface area (Å²) in [6.45, 7) is 2.62. The van der Waals surface area contributed by atoms with Gasteiger partial charge in [-0.05, 0) is 61.9 Å². The van der Waals surface area contributed by atoms with Gasteiger partial charge in [0.15, 0.2) is 11.5 Å². The average molecular weight is 421 g/mol.